The van der Waals surface area contributed by atoms with Crippen LogP contribution in [-0.4, -0.2) is 40.9 Å². The first-order valence-electron chi connectivity index (χ1n) is 6.99. The number of β-amino-alcohol motifs (C(OH)–C–C–N with tert-alkyl or cyclic N) is 1. The Morgan fingerprint density at radius 2 is 2.11 bits per heavy atom. The lowest BCUT2D eigenvalue weighted by atomic mass is 9.98. The van der Waals surface area contributed by atoms with Crippen LogP contribution in [0.5, 0.6) is 0 Å². The highest BCUT2D eigenvalue weighted by Gasteiger charge is 2.25. The number of hydrogen-bond acceptors (Lipinski definition) is 3. The second-order valence-electron chi connectivity index (χ2n) is 5.19. The zero-order chi connectivity index (χ0) is 13.7. The van der Waals surface area contributed by atoms with Crippen molar-refractivity contribution < 1.29 is 14.6 Å². The maximum absolute atomic E-state index is 13.6. The van der Waals surface area contributed by atoms with Gasteiger partial charge >= 0.3 is 0 Å². The van der Waals surface area contributed by atoms with E-state index in [1.54, 1.807) is 18.2 Å². The first-order valence-corrected chi connectivity index (χ1v) is 6.99. The lowest BCUT2D eigenvalue weighted by molar-refractivity contribution is 0.0550. The number of nitrogens with zero attached hydrogens (tertiary/aromatic N) is 1. The molecule has 0 aromatic heterocycles. The zero-order valence-electron chi connectivity index (χ0n) is 11.1. The summed E-state index contributed by atoms with van der Waals surface area (Å²) in [6.45, 7) is 1.51. The topological polar surface area (TPSA) is 43.7 Å². The number of piperidine rings is 1. The molecule has 1 fully saturated rings. The third-order valence-electron chi connectivity index (χ3n) is 3.88. The Morgan fingerprint density at radius 1 is 1.32 bits per heavy atom. The zero-order valence-corrected chi connectivity index (χ0v) is 11.1. The predicted molar refractivity (Wildman–Crippen MR) is 72.3 cm³/mol. The third kappa shape index (κ3) is 3.75. The van der Waals surface area contributed by atoms with Gasteiger partial charge in [0, 0.05) is 24.8 Å². The molecular weight excluding hydrogens is 245 g/mol. The molecule has 0 amide bonds. The summed E-state index contributed by atoms with van der Waals surface area (Å²) >= 11 is 0. The van der Waals surface area contributed by atoms with Crippen molar-refractivity contribution in [2.45, 2.75) is 37.8 Å². The number of benzene rings is 1. The highest BCUT2D eigenvalue weighted by molar-refractivity contribution is 5.20. The van der Waals surface area contributed by atoms with Crippen LogP contribution in [0.2, 0.25) is 0 Å². The van der Waals surface area contributed by atoms with E-state index in [1.807, 2.05) is 0 Å². The quantitative estimate of drug-likeness (QED) is 0.858. The molecule has 4 heteroatoms. The Morgan fingerprint density at radius 3 is 2.84 bits per heavy atom. The summed E-state index contributed by atoms with van der Waals surface area (Å²) in [5, 5.41) is 19.3. The van der Waals surface area contributed by atoms with E-state index in [9.17, 15) is 9.50 Å². The number of hydrogen-bond donors (Lipinski definition) is 2. The molecule has 0 spiro atoms. The minimum atomic E-state index is -0.805. The van der Waals surface area contributed by atoms with Crippen LogP contribution in [0.25, 0.3) is 0 Å². The van der Waals surface area contributed by atoms with Crippen molar-refractivity contribution in [3.63, 3.8) is 0 Å². The van der Waals surface area contributed by atoms with Crippen LogP contribution in [0.1, 0.15) is 37.4 Å². The van der Waals surface area contributed by atoms with Crippen molar-refractivity contribution in [3.8, 4) is 0 Å². The van der Waals surface area contributed by atoms with Gasteiger partial charge in [0.2, 0.25) is 0 Å². The minimum absolute atomic E-state index is 0.164. The van der Waals surface area contributed by atoms with E-state index in [1.165, 1.54) is 6.07 Å². The average molecular weight is 267 g/mol. The summed E-state index contributed by atoms with van der Waals surface area (Å²) in [5.41, 5.74) is 0.357. The highest BCUT2D eigenvalue weighted by atomic mass is 19.1. The Kier molecular flexibility index (Phi) is 5.31. The van der Waals surface area contributed by atoms with Gasteiger partial charge in [0.25, 0.3) is 0 Å². The molecule has 2 atom stereocenters. The average Bonchev–Trinajstić information content (AvgIpc) is 2.41. The summed E-state index contributed by atoms with van der Waals surface area (Å²) in [6.07, 6.45) is 3.23. The van der Waals surface area contributed by atoms with E-state index < -0.39 is 6.10 Å². The van der Waals surface area contributed by atoms with Crippen molar-refractivity contribution in [3.05, 3.63) is 35.6 Å². The van der Waals surface area contributed by atoms with Gasteiger partial charge in [0.05, 0.1) is 6.10 Å². The van der Waals surface area contributed by atoms with Gasteiger partial charge in [-0.05, 0) is 31.9 Å². The van der Waals surface area contributed by atoms with Crippen molar-refractivity contribution in [1.82, 2.24) is 4.90 Å². The van der Waals surface area contributed by atoms with E-state index >= 15 is 0 Å². The molecule has 2 N–H and O–H groups in total. The molecule has 0 unspecified atom stereocenters. The van der Waals surface area contributed by atoms with Crippen LogP contribution >= 0.6 is 0 Å². The number of rotatable bonds is 5. The molecule has 19 heavy (non-hydrogen) atoms. The summed E-state index contributed by atoms with van der Waals surface area (Å²) < 4.78 is 13.6. The summed E-state index contributed by atoms with van der Waals surface area (Å²) in [5.74, 6) is -0.356. The summed E-state index contributed by atoms with van der Waals surface area (Å²) in [7, 11) is 0. The van der Waals surface area contributed by atoms with Crippen LogP contribution in [0, 0.1) is 5.82 Å². The maximum Gasteiger partial charge on any atom is 0.129 e. The predicted octanol–water partition coefficient (Wildman–Crippen LogP) is 2.10. The summed E-state index contributed by atoms with van der Waals surface area (Å²) in [4.78, 5) is 2.18. The smallest absolute Gasteiger partial charge is 0.129 e. The van der Waals surface area contributed by atoms with Crippen LogP contribution in [-0.2, 0) is 0 Å². The molecule has 3 nitrogen and oxygen atoms in total. The van der Waals surface area contributed by atoms with Crippen LogP contribution in [0.3, 0.4) is 0 Å². The van der Waals surface area contributed by atoms with Crippen molar-refractivity contribution in [2.75, 3.05) is 19.7 Å². The maximum atomic E-state index is 13.6. The van der Waals surface area contributed by atoms with Gasteiger partial charge in [-0.15, -0.1) is 0 Å². The molecule has 1 saturated heterocycles. The van der Waals surface area contributed by atoms with Crippen LogP contribution < -0.4 is 0 Å². The van der Waals surface area contributed by atoms with E-state index in [-0.39, 0.29) is 12.4 Å². The van der Waals surface area contributed by atoms with Crippen molar-refractivity contribution >= 4 is 0 Å². The fourth-order valence-electron chi connectivity index (χ4n) is 2.84. The fraction of sp³-hybridized carbons (Fsp3) is 0.600. The molecule has 1 heterocycles. The largest absolute Gasteiger partial charge is 0.396 e. The molecule has 0 bridgehead atoms. The van der Waals surface area contributed by atoms with E-state index in [2.05, 4.69) is 4.90 Å². The van der Waals surface area contributed by atoms with E-state index in [4.69, 9.17) is 5.11 Å². The number of likely N-dealkylation sites (tertiary alicyclic amines) is 1. The lowest BCUT2D eigenvalue weighted by Gasteiger charge is -2.36. The van der Waals surface area contributed by atoms with Gasteiger partial charge < -0.3 is 10.2 Å². The molecule has 2 rings (SSSR count). The minimum Gasteiger partial charge on any atom is -0.396 e. The van der Waals surface area contributed by atoms with Gasteiger partial charge in [0.1, 0.15) is 5.82 Å². The second kappa shape index (κ2) is 6.98. The van der Waals surface area contributed by atoms with Gasteiger partial charge in [-0.3, -0.25) is 4.90 Å². The molecular formula is C15H22FNO2. The SMILES string of the molecule is OCC[C@@H]1CCCCN1C[C@@H](O)c1ccccc1F. The first kappa shape index (κ1) is 14.4. The summed E-state index contributed by atoms with van der Waals surface area (Å²) in [6, 6.07) is 6.68. The molecule has 0 radical (unpaired) electrons. The molecule has 106 valence electrons. The fourth-order valence-corrected chi connectivity index (χ4v) is 2.84. The van der Waals surface area contributed by atoms with Gasteiger partial charge in [0.15, 0.2) is 0 Å². The Bertz CT molecular complexity index is 397. The highest BCUT2D eigenvalue weighted by Crippen LogP contribution is 2.24. The number of halogens is 1. The Hall–Kier alpha value is -0.970. The van der Waals surface area contributed by atoms with E-state index in [0.29, 0.717) is 18.2 Å². The first-order chi connectivity index (χ1) is 9.22. The number of aliphatic hydroxyl groups is 2. The lowest BCUT2D eigenvalue weighted by Crippen LogP contribution is -2.42. The second-order valence-corrected chi connectivity index (χ2v) is 5.19. The molecule has 1 aromatic rings. The number of aliphatic hydroxyl groups excluding tert-OH is 2. The Labute approximate surface area is 113 Å². The third-order valence-corrected chi connectivity index (χ3v) is 3.88. The monoisotopic (exact) mass is 267 g/mol. The Balaban J connectivity index is 2.00. The standard InChI is InChI=1S/C15H22FNO2/c16-14-7-2-1-6-13(14)15(19)11-17-9-4-3-5-12(17)8-10-18/h1-2,6-7,12,15,18-19H,3-5,8-11H2/t12-,15+/m0/s1. The molecule has 1 aliphatic heterocycles. The van der Waals surface area contributed by atoms with Crippen LogP contribution in [0.15, 0.2) is 24.3 Å². The van der Waals surface area contributed by atoms with Crippen molar-refractivity contribution in [2.24, 2.45) is 0 Å². The normalized spacial score (nSPS) is 22.4. The van der Waals surface area contributed by atoms with Gasteiger partial charge in [-0.25, -0.2) is 4.39 Å². The molecule has 1 aromatic carbocycles. The molecule has 0 aliphatic carbocycles. The molecule has 0 saturated carbocycles. The molecule has 1 aliphatic rings. The van der Waals surface area contributed by atoms with Crippen molar-refractivity contribution in [1.29, 1.82) is 0 Å². The van der Waals surface area contributed by atoms with E-state index in [0.717, 1.165) is 32.2 Å². The van der Waals surface area contributed by atoms with Gasteiger partial charge in [-0.2, -0.15) is 0 Å². The van der Waals surface area contributed by atoms with Crippen LogP contribution in [0.4, 0.5) is 4.39 Å². The van der Waals surface area contributed by atoms with Gasteiger partial charge in [-0.1, -0.05) is 24.6 Å².